The molecule has 2 atom stereocenters. The van der Waals surface area contributed by atoms with Crippen molar-refractivity contribution in [2.24, 2.45) is 5.41 Å². The maximum atomic E-state index is 13.0. The van der Waals surface area contributed by atoms with Crippen molar-refractivity contribution in [3.63, 3.8) is 0 Å². The number of halogens is 1. The van der Waals surface area contributed by atoms with Gasteiger partial charge in [-0.1, -0.05) is 32.9 Å². The van der Waals surface area contributed by atoms with Crippen LogP contribution >= 0.6 is 11.8 Å². The molecule has 2 unspecified atom stereocenters. The van der Waals surface area contributed by atoms with Crippen LogP contribution in [0.5, 0.6) is 0 Å². The van der Waals surface area contributed by atoms with Gasteiger partial charge < -0.3 is 5.32 Å². The van der Waals surface area contributed by atoms with Gasteiger partial charge in [-0.25, -0.2) is 4.39 Å². The second-order valence-electron chi connectivity index (χ2n) is 6.26. The fourth-order valence-electron chi connectivity index (χ4n) is 1.96. The topological polar surface area (TPSA) is 29.1 Å². The summed E-state index contributed by atoms with van der Waals surface area (Å²) >= 11 is 1.52. The SMILES string of the molecule is CSC(C)C(=O)NC(CC(C)(C)C)c1ccc(F)cc1. The summed E-state index contributed by atoms with van der Waals surface area (Å²) in [6, 6.07) is 6.29. The third kappa shape index (κ3) is 5.53. The predicted molar refractivity (Wildman–Crippen MR) is 84.3 cm³/mol. The molecule has 0 fully saturated rings. The molecule has 1 rings (SSSR count). The van der Waals surface area contributed by atoms with Crippen molar-refractivity contribution >= 4 is 17.7 Å². The zero-order valence-corrected chi connectivity index (χ0v) is 13.7. The minimum Gasteiger partial charge on any atom is -0.348 e. The fraction of sp³-hybridized carbons (Fsp3) is 0.562. The van der Waals surface area contributed by atoms with Crippen LogP contribution < -0.4 is 5.32 Å². The Bertz CT molecular complexity index is 439. The monoisotopic (exact) mass is 297 g/mol. The standard InChI is InChI=1S/C16H24FNOS/c1-11(20-5)15(19)18-14(10-16(2,3)4)12-6-8-13(17)9-7-12/h6-9,11,14H,10H2,1-5H3,(H,18,19). The number of hydrogen-bond donors (Lipinski definition) is 1. The molecule has 1 amide bonds. The summed E-state index contributed by atoms with van der Waals surface area (Å²) in [5, 5.41) is 2.99. The van der Waals surface area contributed by atoms with Crippen LogP contribution in [0, 0.1) is 11.2 Å². The van der Waals surface area contributed by atoms with Crippen LogP contribution in [-0.4, -0.2) is 17.4 Å². The molecule has 1 N–H and O–H groups in total. The molecule has 0 saturated heterocycles. The van der Waals surface area contributed by atoms with E-state index in [9.17, 15) is 9.18 Å². The fourth-order valence-corrected chi connectivity index (χ4v) is 2.24. The highest BCUT2D eigenvalue weighted by Crippen LogP contribution is 2.29. The molecule has 20 heavy (non-hydrogen) atoms. The van der Waals surface area contributed by atoms with Gasteiger partial charge in [-0.15, -0.1) is 0 Å². The van der Waals surface area contributed by atoms with Gasteiger partial charge in [-0.3, -0.25) is 4.79 Å². The third-order valence-electron chi connectivity index (χ3n) is 3.13. The van der Waals surface area contributed by atoms with Crippen molar-refractivity contribution < 1.29 is 9.18 Å². The van der Waals surface area contributed by atoms with Crippen LogP contribution in [0.4, 0.5) is 4.39 Å². The van der Waals surface area contributed by atoms with Crippen molar-refractivity contribution in [3.8, 4) is 0 Å². The Hall–Kier alpha value is -1.03. The molecule has 0 aliphatic rings. The Morgan fingerprint density at radius 1 is 1.30 bits per heavy atom. The molecule has 0 aliphatic heterocycles. The van der Waals surface area contributed by atoms with Crippen LogP contribution in [0.1, 0.15) is 45.7 Å². The van der Waals surface area contributed by atoms with Crippen molar-refractivity contribution in [1.82, 2.24) is 5.32 Å². The van der Waals surface area contributed by atoms with Crippen molar-refractivity contribution in [1.29, 1.82) is 0 Å². The van der Waals surface area contributed by atoms with E-state index >= 15 is 0 Å². The van der Waals surface area contributed by atoms with Gasteiger partial charge in [0.1, 0.15) is 5.82 Å². The number of carbonyl (C=O) groups excluding carboxylic acids is 1. The molecule has 1 aromatic rings. The van der Waals surface area contributed by atoms with E-state index in [-0.39, 0.29) is 28.4 Å². The van der Waals surface area contributed by atoms with E-state index in [2.05, 4.69) is 26.1 Å². The molecule has 4 heteroatoms. The zero-order chi connectivity index (χ0) is 15.3. The first-order valence-corrected chi connectivity index (χ1v) is 8.10. The first kappa shape index (κ1) is 17.0. The zero-order valence-electron chi connectivity index (χ0n) is 12.9. The molecule has 0 heterocycles. The first-order chi connectivity index (χ1) is 9.23. The van der Waals surface area contributed by atoms with Gasteiger partial charge >= 0.3 is 0 Å². The summed E-state index contributed by atoms with van der Waals surface area (Å²) in [6.45, 7) is 8.29. The average Bonchev–Trinajstić information content (AvgIpc) is 2.36. The molecule has 0 bridgehead atoms. The number of nitrogens with one attached hydrogen (secondary N) is 1. The average molecular weight is 297 g/mol. The highest BCUT2D eigenvalue weighted by molar-refractivity contribution is 7.99. The highest BCUT2D eigenvalue weighted by Gasteiger charge is 2.23. The second-order valence-corrected chi connectivity index (χ2v) is 7.43. The van der Waals surface area contributed by atoms with Gasteiger partial charge in [0.15, 0.2) is 0 Å². The molecular formula is C16H24FNOS. The lowest BCUT2D eigenvalue weighted by Crippen LogP contribution is -2.36. The maximum Gasteiger partial charge on any atom is 0.233 e. The van der Waals surface area contributed by atoms with Gasteiger partial charge in [0.25, 0.3) is 0 Å². The Labute approximate surface area is 125 Å². The summed E-state index contributed by atoms with van der Waals surface area (Å²) in [7, 11) is 0. The highest BCUT2D eigenvalue weighted by atomic mass is 32.2. The third-order valence-corrected chi connectivity index (χ3v) is 4.05. The number of hydrogen-bond acceptors (Lipinski definition) is 2. The number of carbonyl (C=O) groups is 1. The largest absolute Gasteiger partial charge is 0.348 e. The lowest BCUT2D eigenvalue weighted by atomic mass is 9.85. The molecule has 0 saturated carbocycles. The molecular weight excluding hydrogens is 273 g/mol. The van der Waals surface area contributed by atoms with E-state index in [1.165, 1.54) is 23.9 Å². The molecule has 1 aromatic carbocycles. The number of thioether (sulfide) groups is 1. The van der Waals surface area contributed by atoms with Crippen molar-refractivity contribution in [2.45, 2.75) is 45.4 Å². The summed E-state index contributed by atoms with van der Waals surface area (Å²) in [5.41, 5.74) is 1.03. The van der Waals surface area contributed by atoms with E-state index in [0.29, 0.717) is 0 Å². The summed E-state index contributed by atoms with van der Waals surface area (Å²) < 4.78 is 13.0. The number of benzene rings is 1. The summed E-state index contributed by atoms with van der Waals surface area (Å²) in [6.07, 6.45) is 2.73. The Morgan fingerprint density at radius 2 is 1.85 bits per heavy atom. The maximum absolute atomic E-state index is 13.0. The Kier molecular flexibility index (Phi) is 6.06. The predicted octanol–water partition coefficient (Wildman–Crippen LogP) is 4.17. The van der Waals surface area contributed by atoms with E-state index in [4.69, 9.17) is 0 Å². The van der Waals surface area contributed by atoms with Crippen LogP contribution in [0.3, 0.4) is 0 Å². The van der Waals surface area contributed by atoms with Gasteiger partial charge in [-0.05, 0) is 42.7 Å². The molecule has 112 valence electrons. The molecule has 0 aliphatic carbocycles. The Balaban J connectivity index is 2.91. The van der Waals surface area contributed by atoms with Crippen LogP contribution in [0.25, 0.3) is 0 Å². The van der Waals surface area contributed by atoms with Gasteiger partial charge in [0.05, 0.1) is 11.3 Å². The molecule has 0 aromatic heterocycles. The van der Waals surface area contributed by atoms with Gasteiger partial charge in [0.2, 0.25) is 5.91 Å². The van der Waals surface area contributed by atoms with E-state index < -0.39 is 0 Å². The van der Waals surface area contributed by atoms with E-state index in [0.717, 1.165) is 12.0 Å². The van der Waals surface area contributed by atoms with Crippen molar-refractivity contribution in [2.75, 3.05) is 6.26 Å². The van der Waals surface area contributed by atoms with Gasteiger partial charge in [-0.2, -0.15) is 11.8 Å². The quantitative estimate of drug-likeness (QED) is 0.883. The van der Waals surface area contributed by atoms with Crippen LogP contribution in [0.2, 0.25) is 0 Å². The molecule has 2 nitrogen and oxygen atoms in total. The second kappa shape index (κ2) is 7.11. The van der Waals surface area contributed by atoms with Crippen LogP contribution in [-0.2, 0) is 4.79 Å². The smallest absolute Gasteiger partial charge is 0.233 e. The minimum atomic E-state index is -0.257. The summed E-state index contributed by atoms with van der Waals surface area (Å²) in [5.74, 6) is -0.233. The van der Waals surface area contributed by atoms with Crippen molar-refractivity contribution in [3.05, 3.63) is 35.6 Å². The minimum absolute atomic E-state index is 0.0241. The molecule has 0 radical (unpaired) electrons. The first-order valence-electron chi connectivity index (χ1n) is 6.81. The van der Waals surface area contributed by atoms with Crippen LogP contribution in [0.15, 0.2) is 24.3 Å². The van der Waals surface area contributed by atoms with Gasteiger partial charge in [0, 0.05) is 0 Å². The summed E-state index contributed by atoms with van der Waals surface area (Å²) in [4.78, 5) is 12.1. The Morgan fingerprint density at radius 3 is 2.30 bits per heavy atom. The van der Waals surface area contributed by atoms with E-state index in [1.54, 1.807) is 12.1 Å². The lowest BCUT2D eigenvalue weighted by molar-refractivity contribution is -0.121. The molecule has 0 spiro atoms. The lowest BCUT2D eigenvalue weighted by Gasteiger charge is -2.28. The van der Waals surface area contributed by atoms with E-state index in [1.807, 2.05) is 13.2 Å². The number of rotatable bonds is 5. The number of amides is 1. The normalized spacial score (nSPS) is 14.7.